The Kier molecular flexibility index (Phi) is 4.15. The Morgan fingerprint density at radius 1 is 1.00 bits per heavy atom. The SMILES string of the molecule is CC1(C)OB(C2(COCCN3CCCC3)CC2)OC1(C)C. The summed E-state index contributed by atoms with van der Waals surface area (Å²) in [6.07, 6.45) is 5.01. The molecule has 0 radical (unpaired) electrons. The smallest absolute Gasteiger partial charge is 0.403 e. The van der Waals surface area contributed by atoms with Gasteiger partial charge in [-0.3, -0.25) is 0 Å². The highest BCUT2D eigenvalue weighted by atomic mass is 16.7. The van der Waals surface area contributed by atoms with Gasteiger partial charge in [-0.05, 0) is 66.5 Å². The monoisotopic (exact) mass is 295 g/mol. The quantitative estimate of drug-likeness (QED) is 0.557. The predicted molar refractivity (Wildman–Crippen MR) is 84.5 cm³/mol. The Bertz CT molecular complexity index is 360. The van der Waals surface area contributed by atoms with E-state index in [9.17, 15) is 0 Å². The molecule has 5 heteroatoms. The van der Waals surface area contributed by atoms with Gasteiger partial charge in [0.1, 0.15) is 0 Å². The maximum absolute atomic E-state index is 6.21. The fraction of sp³-hybridized carbons (Fsp3) is 1.00. The number of hydrogen-bond acceptors (Lipinski definition) is 4. The Balaban J connectivity index is 1.45. The van der Waals surface area contributed by atoms with Crippen molar-refractivity contribution in [3.63, 3.8) is 0 Å². The molecule has 0 aromatic carbocycles. The van der Waals surface area contributed by atoms with Crippen molar-refractivity contribution in [2.75, 3.05) is 32.8 Å². The van der Waals surface area contributed by atoms with Crippen LogP contribution in [0.3, 0.4) is 0 Å². The molecule has 120 valence electrons. The Labute approximate surface area is 129 Å². The summed E-state index contributed by atoms with van der Waals surface area (Å²) in [4.78, 5) is 2.49. The number of ether oxygens (including phenoxy) is 1. The largest absolute Gasteiger partial charge is 0.466 e. The van der Waals surface area contributed by atoms with Crippen LogP contribution in [0, 0.1) is 0 Å². The molecular formula is C16H30BNO3. The van der Waals surface area contributed by atoms with Crippen molar-refractivity contribution in [2.45, 2.75) is 69.9 Å². The molecule has 3 fully saturated rings. The minimum absolute atomic E-state index is 0.103. The zero-order valence-electron chi connectivity index (χ0n) is 14.1. The summed E-state index contributed by atoms with van der Waals surface area (Å²) in [7, 11) is -0.103. The van der Waals surface area contributed by atoms with Crippen LogP contribution >= 0.6 is 0 Å². The normalized spacial score (nSPS) is 30.0. The second-order valence-corrected chi connectivity index (χ2v) is 8.05. The van der Waals surface area contributed by atoms with E-state index in [1.165, 1.54) is 25.9 Å². The van der Waals surface area contributed by atoms with Crippen LogP contribution in [0.15, 0.2) is 0 Å². The molecule has 2 saturated heterocycles. The Hall–Kier alpha value is -0.0951. The van der Waals surface area contributed by atoms with E-state index in [0.29, 0.717) is 0 Å². The van der Waals surface area contributed by atoms with Gasteiger partial charge in [0.25, 0.3) is 0 Å². The van der Waals surface area contributed by atoms with E-state index in [1.807, 2.05) is 0 Å². The third-order valence-electron chi connectivity index (χ3n) is 5.79. The van der Waals surface area contributed by atoms with Crippen molar-refractivity contribution in [1.82, 2.24) is 4.90 Å². The minimum Gasteiger partial charge on any atom is -0.403 e. The molecule has 3 aliphatic rings. The highest BCUT2D eigenvalue weighted by molar-refractivity contribution is 6.51. The molecule has 0 atom stereocenters. The molecule has 1 aliphatic carbocycles. The maximum atomic E-state index is 6.21. The van der Waals surface area contributed by atoms with Gasteiger partial charge < -0.3 is 18.9 Å². The average molecular weight is 295 g/mol. The molecule has 21 heavy (non-hydrogen) atoms. The van der Waals surface area contributed by atoms with E-state index in [2.05, 4.69) is 32.6 Å². The first kappa shape index (κ1) is 15.8. The summed E-state index contributed by atoms with van der Waals surface area (Å²) in [6, 6.07) is 0. The first-order valence-electron chi connectivity index (χ1n) is 8.51. The molecule has 2 aliphatic heterocycles. The molecule has 0 bridgehead atoms. The third-order valence-corrected chi connectivity index (χ3v) is 5.79. The van der Waals surface area contributed by atoms with Crippen molar-refractivity contribution >= 4 is 7.12 Å². The summed E-state index contributed by atoms with van der Waals surface area (Å²) in [6.45, 7) is 13.7. The van der Waals surface area contributed by atoms with Crippen LogP contribution in [0.5, 0.6) is 0 Å². The first-order valence-corrected chi connectivity index (χ1v) is 8.51. The lowest BCUT2D eigenvalue weighted by molar-refractivity contribution is 0.00578. The zero-order valence-corrected chi connectivity index (χ0v) is 14.1. The van der Waals surface area contributed by atoms with Gasteiger partial charge in [0, 0.05) is 11.9 Å². The van der Waals surface area contributed by atoms with E-state index in [0.717, 1.165) is 32.6 Å². The second kappa shape index (κ2) is 5.52. The lowest BCUT2D eigenvalue weighted by Crippen LogP contribution is -2.41. The molecule has 4 nitrogen and oxygen atoms in total. The van der Waals surface area contributed by atoms with Gasteiger partial charge in [0.15, 0.2) is 0 Å². The first-order chi connectivity index (χ1) is 9.85. The van der Waals surface area contributed by atoms with Gasteiger partial charge in [0.2, 0.25) is 0 Å². The van der Waals surface area contributed by atoms with E-state index in [4.69, 9.17) is 14.0 Å². The predicted octanol–water partition coefficient (Wildman–Crippen LogP) is 2.73. The van der Waals surface area contributed by atoms with Crippen molar-refractivity contribution < 1.29 is 14.0 Å². The molecule has 0 N–H and O–H groups in total. The molecule has 0 aromatic heterocycles. The summed E-state index contributed by atoms with van der Waals surface area (Å²) in [5, 5.41) is 0.107. The number of likely N-dealkylation sites (tertiary alicyclic amines) is 1. The van der Waals surface area contributed by atoms with Crippen LogP contribution in [0.25, 0.3) is 0 Å². The standard InChI is InChI=1S/C16H30BNO3/c1-14(2)15(3,4)21-17(20-14)16(7-8-16)13-19-12-11-18-9-5-6-10-18/h5-13H2,1-4H3. The van der Waals surface area contributed by atoms with Gasteiger partial charge in [-0.1, -0.05) is 0 Å². The van der Waals surface area contributed by atoms with Crippen molar-refractivity contribution in [3.05, 3.63) is 0 Å². The summed E-state index contributed by atoms with van der Waals surface area (Å²) in [5.74, 6) is 0. The van der Waals surface area contributed by atoms with Gasteiger partial charge in [-0.15, -0.1) is 0 Å². The fourth-order valence-electron chi connectivity index (χ4n) is 3.18. The Morgan fingerprint density at radius 3 is 2.10 bits per heavy atom. The van der Waals surface area contributed by atoms with Crippen LogP contribution in [-0.2, 0) is 14.0 Å². The van der Waals surface area contributed by atoms with Gasteiger partial charge in [-0.2, -0.15) is 0 Å². The van der Waals surface area contributed by atoms with Gasteiger partial charge in [0.05, 0.1) is 24.4 Å². The van der Waals surface area contributed by atoms with E-state index >= 15 is 0 Å². The molecule has 0 unspecified atom stereocenters. The van der Waals surface area contributed by atoms with Crippen molar-refractivity contribution in [3.8, 4) is 0 Å². The average Bonchev–Trinajstić information content (AvgIpc) is 2.92. The summed E-state index contributed by atoms with van der Waals surface area (Å²) in [5.41, 5.74) is -0.467. The fourth-order valence-corrected chi connectivity index (χ4v) is 3.18. The Morgan fingerprint density at radius 2 is 1.57 bits per heavy atom. The topological polar surface area (TPSA) is 30.9 Å². The summed E-state index contributed by atoms with van der Waals surface area (Å²) >= 11 is 0. The second-order valence-electron chi connectivity index (χ2n) is 8.05. The minimum atomic E-state index is -0.233. The highest BCUT2D eigenvalue weighted by Gasteiger charge is 2.64. The van der Waals surface area contributed by atoms with Gasteiger partial charge in [-0.25, -0.2) is 0 Å². The maximum Gasteiger partial charge on any atom is 0.466 e. The van der Waals surface area contributed by atoms with Crippen LogP contribution in [0.4, 0.5) is 0 Å². The highest BCUT2D eigenvalue weighted by Crippen LogP contribution is 2.60. The van der Waals surface area contributed by atoms with Crippen LogP contribution in [-0.4, -0.2) is 56.1 Å². The van der Waals surface area contributed by atoms with E-state index < -0.39 is 0 Å². The molecule has 2 heterocycles. The lowest BCUT2D eigenvalue weighted by atomic mass is 9.68. The van der Waals surface area contributed by atoms with E-state index in [1.54, 1.807) is 0 Å². The van der Waals surface area contributed by atoms with Gasteiger partial charge >= 0.3 is 7.12 Å². The zero-order chi connectivity index (χ0) is 15.1. The molecule has 0 amide bonds. The number of rotatable bonds is 6. The molecule has 0 spiro atoms. The van der Waals surface area contributed by atoms with Crippen LogP contribution in [0.2, 0.25) is 5.31 Å². The van der Waals surface area contributed by atoms with Crippen molar-refractivity contribution in [2.24, 2.45) is 0 Å². The third kappa shape index (κ3) is 3.16. The molecule has 1 saturated carbocycles. The van der Waals surface area contributed by atoms with Crippen LogP contribution < -0.4 is 0 Å². The molecular weight excluding hydrogens is 265 g/mol. The van der Waals surface area contributed by atoms with Crippen molar-refractivity contribution in [1.29, 1.82) is 0 Å². The van der Waals surface area contributed by atoms with Crippen LogP contribution in [0.1, 0.15) is 53.4 Å². The number of hydrogen-bond donors (Lipinski definition) is 0. The number of nitrogens with zero attached hydrogens (tertiary/aromatic N) is 1. The lowest BCUT2D eigenvalue weighted by Gasteiger charge is -2.32. The summed E-state index contributed by atoms with van der Waals surface area (Å²) < 4.78 is 18.4. The molecule has 3 rings (SSSR count). The van der Waals surface area contributed by atoms with E-state index in [-0.39, 0.29) is 23.6 Å². The molecule has 0 aromatic rings.